The number of fused-ring (bicyclic) bond motifs is 1. The first-order valence-corrected chi connectivity index (χ1v) is 11.3. The number of hydrogen-bond acceptors (Lipinski definition) is 5. The Morgan fingerprint density at radius 1 is 0.882 bits per heavy atom. The summed E-state index contributed by atoms with van der Waals surface area (Å²) < 4.78 is 11.1. The average molecular weight is 453 g/mol. The topological polar surface area (TPSA) is 71.8 Å². The van der Waals surface area contributed by atoms with Crippen LogP contribution in [0.5, 0.6) is 5.75 Å². The SMILES string of the molecule is CCCOc1ccc(C2=C(Nc3cccc4ccccc34)C(=O)N(Cc3ccco3)C2=O)cc1. The highest BCUT2D eigenvalue weighted by Crippen LogP contribution is 2.34. The van der Waals surface area contributed by atoms with Crippen LogP contribution >= 0.6 is 0 Å². The number of carbonyl (C=O) groups is 2. The molecule has 2 amide bonds. The van der Waals surface area contributed by atoms with Crippen LogP contribution in [0.25, 0.3) is 16.3 Å². The molecular weight excluding hydrogens is 428 g/mol. The lowest BCUT2D eigenvalue weighted by Crippen LogP contribution is -2.31. The fraction of sp³-hybridized carbons (Fsp3) is 0.143. The van der Waals surface area contributed by atoms with Crippen molar-refractivity contribution in [1.82, 2.24) is 4.90 Å². The third-order valence-electron chi connectivity index (χ3n) is 5.73. The number of furan rings is 1. The van der Waals surface area contributed by atoms with Gasteiger partial charge in [0.1, 0.15) is 17.2 Å². The summed E-state index contributed by atoms with van der Waals surface area (Å²) in [5, 5.41) is 5.28. The zero-order valence-electron chi connectivity index (χ0n) is 18.8. The number of ether oxygens (including phenoxy) is 1. The molecule has 1 aromatic heterocycles. The van der Waals surface area contributed by atoms with E-state index in [0.717, 1.165) is 28.6 Å². The second-order valence-corrected chi connectivity index (χ2v) is 8.05. The fourth-order valence-electron chi connectivity index (χ4n) is 4.07. The van der Waals surface area contributed by atoms with Crippen LogP contribution in [0.4, 0.5) is 5.69 Å². The highest BCUT2D eigenvalue weighted by atomic mass is 16.5. The Labute approximate surface area is 197 Å². The molecule has 0 saturated carbocycles. The van der Waals surface area contributed by atoms with Crippen molar-refractivity contribution in [2.45, 2.75) is 19.9 Å². The van der Waals surface area contributed by atoms with Crippen molar-refractivity contribution in [3.05, 3.63) is 102 Å². The Morgan fingerprint density at radius 2 is 1.68 bits per heavy atom. The van der Waals surface area contributed by atoms with Crippen molar-refractivity contribution in [2.24, 2.45) is 0 Å². The van der Waals surface area contributed by atoms with E-state index < -0.39 is 5.91 Å². The summed E-state index contributed by atoms with van der Waals surface area (Å²) >= 11 is 0. The van der Waals surface area contributed by atoms with E-state index in [1.54, 1.807) is 12.1 Å². The molecule has 0 radical (unpaired) electrons. The maximum Gasteiger partial charge on any atom is 0.278 e. The van der Waals surface area contributed by atoms with Crippen LogP contribution in [0, 0.1) is 0 Å². The lowest BCUT2D eigenvalue weighted by atomic mass is 10.0. The Morgan fingerprint density at radius 3 is 2.44 bits per heavy atom. The maximum atomic E-state index is 13.5. The van der Waals surface area contributed by atoms with Gasteiger partial charge in [0.25, 0.3) is 11.8 Å². The van der Waals surface area contributed by atoms with E-state index in [9.17, 15) is 9.59 Å². The third kappa shape index (κ3) is 4.06. The van der Waals surface area contributed by atoms with Gasteiger partial charge in [0.15, 0.2) is 0 Å². The summed E-state index contributed by atoms with van der Waals surface area (Å²) in [5.41, 5.74) is 1.98. The van der Waals surface area contributed by atoms with Crippen molar-refractivity contribution < 1.29 is 18.7 Å². The van der Waals surface area contributed by atoms with E-state index in [0.29, 0.717) is 23.5 Å². The second kappa shape index (κ2) is 9.27. The molecule has 2 heterocycles. The number of nitrogens with zero attached hydrogens (tertiary/aromatic N) is 1. The summed E-state index contributed by atoms with van der Waals surface area (Å²) in [4.78, 5) is 28.2. The van der Waals surface area contributed by atoms with Crippen LogP contribution in [0.15, 0.2) is 95.2 Å². The number of nitrogens with one attached hydrogen (secondary N) is 1. The van der Waals surface area contributed by atoms with Gasteiger partial charge in [-0.05, 0) is 47.7 Å². The monoisotopic (exact) mass is 452 g/mol. The molecule has 3 aromatic carbocycles. The van der Waals surface area contributed by atoms with Gasteiger partial charge in [0, 0.05) is 11.1 Å². The van der Waals surface area contributed by atoms with E-state index in [1.165, 1.54) is 11.2 Å². The minimum absolute atomic E-state index is 0.0621. The number of benzene rings is 3. The molecule has 0 bridgehead atoms. The van der Waals surface area contributed by atoms with Gasteiger partial charge in [-0.15, -0.1) is 0 Å². The zero-order valence-corrected chi connectivity index (χ0v) is 18.8. The minimum atomic E-state index is -0.393. The third-order valence-corrected chi connectivity index (χ3v) is 5.73. The number of hydrogen-bond donors (Lipinski definition) is 1. The van der Waals surface area contributed by atoms with E-state index in [4.69, 9.17) is 9.15 Å². The number of amides is 2. The van der Waals surface area contributed by atoms with Crippen molar-refractivity contribution in [1.29, 1.82) is 0 Å². The standard InChI is InChI=1S/C28H24N2O4/c1-2-16-33-21-14-12-20(13-15-21)25-26(28(32)30(27(25)31)18-22-9-6-17-34-22)29-24-11-5-8-19-7-3-4-10-23(19)24/h3-15,17,29H,2,16,18H2,1H3. The molecule has 0 spiro atoms. The minimum Gasteiger partial charge on any atom is -0.494 e. The molecule has 1 N–H and O–H groups in total. The van der Waals surface area contributed by atoms with Crippen molar-refractivity contribution in [3.8, 4) is 5.75 Å². The summed E-state index contributed by atoms with van der Waals surface area (Å²) in [6, 6.07) is 24.5. The molecule has 1 aliphatic heterocycles. The number of carbonyl (C=O) groups excluding carboxylic acids is 2. The first-order valence-electron chi connectivity index (χ1n) is 11.3. The maximum absolute atomic E-state index is 13.5. The van der Waals surface area contributed by atoms with Crippen LogP contribution in [-0.2, 0) is 16.1 Å². The molecule has 0 saturated heterocycles. The second-order valence-electron chi connectivity index (χ2n) is 8.05. The van der Waals surface area contributed by atoms with Gasteiger partial charge < -0.3 is 14.5 Å². The van der Waals surface area contributed by atoms with Crippen LogP contribution in [0.3, 0.4) is 0 Å². The molecule has 6 nitrogen and oxygen atoms in total. The summed E-state index contributed by atoms with van der Waals surface area (Å²) in [5.74, 6) is 0.497. The Bertz CT molecular complexity index is 1370. The number of anilines is 1. The lowest BCUT2D eigenvalue weighted by molar-refractivity contribution is -0.137. The molecule has 0 fully saturated rings. The average Bonchev–Trinajstić information content (AvgIpc) is 3.46. The molecule has 4 aromatic rings. The largest absolute Gasteiger partial charge is 0.494 e. The molecule has 0 aliphatic carbocycles. The summed E-state index contributed by atoms with van der Waals surface area (Å²) in [7, 11) is 0. The van der Waals surface area contributed by atoms with Crippen molar-refractivity contribution in [2.75, 3.05) is 11.9 Å². The van der Waals surface area contributed by atoms with Gasteiger partial charge in [-0.1, -0.05) is 55.5 Å². The van der Waals surface area contributed by atoms with Crippen LogP contribution in [0.2, 0.25) is 0 Å². The predicted octanol–water partition coefficient (Wildman–Crippen LogP) is 5.61. The molecular formula is C28H24N2O4. The van der Waals surface area contributed by atoms with Crippen LogP contribution in [-0.4, -0.2) is 23.3 Å². The van der Waals surface area contributed by atoms with Gasteiger partial charge in [-0.3, -0.25) is 14.5 Å². The van der Waals surface area contributed by atoms with Gasteiger partial charge in [0.05, 0.1) is 25.0 Å². The predicted molar refractivity (Wildman–Crippen MR) is 131 cm³/mol. The van der Waals surface area contributed by atoms with Gasteiger partial charge in [-0.25, -0.2) is 0 Å². The smallest absolute Gasteiger partial charge is 0.278 e. The van der Waals surface area contributed by atoms with Gasteiger partial charge in [-0.2, -0.15) is 0 Å². The van der Waals surface area contributed by atoms with E-state index in [1.807, 2.05) is 73.7 Å². The molecule has 1 aliphatic rings. The highest BCUT2D eigenvalue weighted by molar-refractivity contribution is 6.36. The molecule has 0 atom stereocenters. The van der Waals surface area contributed by atoms with E-state index >= 15 is 0 Å². The first kappa shape index (κ1) is 21.5. The highest BCUT2D eigenvalue weighted by Gasteiger charge is 2.39. The fourth-order valence-corrected chi connectivity index (χ4v) is 4.07. The summed E-state index contributed by atoms with van der Waals surface area (Å²) in [6.45, 7) is 2.72. The normalized spacial score (nSPS) is 13.7. The van der Waals surface area contributed by atoms with Crippen molar-refractivity contribution in [3.63, 3.8) is 0 Å². The van der Waals surface area contributed by atoms with Crippen molar-refractivity contribution >= 4 is 33.8 Å². The van der Waals surface area contributed by atoms with E-state index in [-0.39, 0.29) is 18.1 Å². The quantitative estimate of drug-likeness (QED) is 0.352. The molecule has 5 rings (SSSR count). The molecule has 170 valence electrons. The van der Waals surface area contributed by atoms with E-state index in [2.05, 4.69) is 5.32 Å². The lowest BCUT2D eigenvalue weighted by Gasteiger charge is -2.14. The number of imide groups is 1. The first-order chi connectivity index (χ1) is 16.7. The van der Waals surface area contributed by atoms with Gasteiger partial charge in [0.2, 0.25) is 0 Å². The number of rotatable bonds is 8. The molecule has 6 heteroatoms. The van der Waals surface area contributed by atoms with Gasteiger partial charge >= 0.3 is 0 Å². The molecule has 0 unspecified atom stereocenters. The zero-order chi connectivity index (χ0) is 23.5. The molecule has 34 heavy (non-hydrogen) atoms. The van der Waals surface area contributed by atoms with Crippen LogP contribution < -0.4 is 10.1 Å². The Hall–Kier alpha value is -4.32. The Kier molecular flexibility index (Phi) is 5.87. The summed E-state index contributed by atoms with van der Waals surface area (Å²) in [6.07, 6.45) is 2.43. The Balaban J connectivity index is 1.56. The van der Waals surface area contributed by atoms with Crippen LogP contribution in [0.1, 0.15) is 24.7 Å².